The first kappa shape index (κ1) is 32.5. The highest BCUT2D eigenvalue weighted by molar-refractivity contribution is 6.38. The number of hydrogen-bond acceptors (Lipinski definition) is 5. The van der Waals surface area contributed by atoms with Crippen molar-refractivity contribution in [2.45, 2.75) is 104 Å². The third kappa shape index (κ3) is 7.86. The standard InChI is InChI=1S/C32H50N4O5/c1-8-10-16-22(27(38)29(40)33-17-9-2)34-28(39)26-24-21(32(24,6)7)19-36(26)30(41)25(20-14-12-11-13-15-20)35-23(37)18-31(3,4)5/h8-9,20-22,24-26H,1-2,10-19H2,3-7H3,(H,33,40)(H,34,39)(H,35,37)/t21-,22?,24-,25-,26-/m0/s1. The molecular weight excluding hydrogens is 520 g/mol. The topological polar surface area (TPSA) is 125 Å². The van der Waals surface area contributed by atoms with Crippen LogP contribution in [0.2, 0.25) is 0 Å². The molecule has 228 valence electrons. The molecule has 0 bridgehead atoms. The van der Waals surface area contributed by atoms with Crippen LogP contribution in [0.1, 0.15) is 86.0 Å². The van der Waals surface area contributed by atoms with E-state index in [9.17, 15) is 24.0 Å². The van der Waals surface area contributed by atoms with E-state index in [0.29, 0.717) is 19.4 Å². The maximum absolute atomic E-state index is 14.2. The smallest absolute Gasteiger partial charge is 0.289 e. The van der Waals surface area contributed by atoms with Gasteiger partial charge in [0.1, 0.15) is 12.1 Å². The van der Waals surface area contributed by atoms with Gasteiger partial charge < -0.3 is 20.9 Å². The van der Waals surface area contributed by atoms with Crippen molar-refractivity contribution in [2.24, 2.45) is 28.6 Å². The van der Waals surface area contributed by atoms with E-state index in [4.69, 9.17) is 0 Å². The Balaban J connectivity index is 1.85. The van der Waals surface area contributed by atoms with Gasteiger partial charge in [-0.3, -0.25) is 24.0 Å². The minimum absolute atomic E-state index is 0.0179. The van der Waals surface area contributed by atoms with Gasteiger partial charge in [-0.1, -0.05) is 66.0 Å². The molecule has 3 rings (SSSR count). The first-order valence-electron chi connectivity index (χ1n) is 15.2. The highest BCUT2D eigenvalue weighted by Crippen LogP contribution is 2.65. The minimum atomic E-state index is -1.04. The molecule has 3 aliphatic rings. The van der Waals surface area contributed by atoms with Crippen molar-refractivity contribution in [3.63, 3.8) is 0 Å². The van der Waals surface area contributed by atoms with Gasteiger partial charge in [0.05, 0.1) is 6.04 Å². The second-order valence-corrected chi connectivity index (χ2v) is 13.9. The molecule has 0 aromatic carbocycles. The Morgan fingerprint density at radius 3 is 2.24 bits per heavy atom. The summed E-state index contributed by atoms with van der Waals surface area (Å²) >= 11 is 0. The van der Waals surface area contributed by atoms with Crippen LogP contribution in [0.4, 0.5) is 0 Å². The van der Waals surface area contributed by atoms with Crippen LogP contribution in [0.25, 0.3) is 0 Å². The molecule has 5 atom stereocenters. The molecule has 1 unspecified atom stereocenters. The Hall–Kier alpha value is -2.97. The maximum atomic E-state index is 14.2. The number of ketones is 1. The van der Waals surface area contributed by atoms with Gasteiger partial charge >= 0.3 is 0 Å². The molecule has 0 radical (unpaired) electrons. The van der Waals surface area contributed by atoms with Gasteiger partial charge in [-0.15, -0.1) is 13.2 Å². The summed E-state index contributed by atoms with van der Waals surface area (Å²) in [5, 5.41) is 8.37. The van der Waals surface area contributed by atoms with Gasteiger partial charge in [-0.2, -0.15) is 0 Å². The van der Waals surface area contributed by atoms with Gasteiger partial charge in [0.2, 0.25) is 23.5 Å². The van der Waals surface area contributed by atoms with Crippen LogP contribution in [0.3, 0.4) is 0 Å². The largest absolute Gasteiger partial charge is 0.346 e. The van der Waals surface area contributed by atoms with E-state index in [1.54, 1.807) is 11.0 Å². The molecule has 1 aliphatic heterocycles. The van der Waals surface area contributed by atoms with Gasteiger partial charge in [0.25, 0.3) is 5.91 Å². The summed E-state index contributed by atoms with van der Waals surface area (Å²) in [4.78, 5) is 68.2. The van der Waals surface area contributed by atoms with Crippen molar-refractivity contribution in [3.05, 3.63) is 25.3 Å². The quantitative estimate of drug-likeness (QED) is 0.232. The zero-order valence-electron chi connectivity index (χ0n) is 25.6. The van der Waals surface area contributed by atoms with E-state index in [2.05, 4.69) is 43.0 Å². The van der Waals surface area contributed by atoms with Crippen molar-refractivity contribution in [1.29, 1.82) is 0 Å². The number of likely N-dealkylation sites (tertiary alicyclic amines) is 1. The molecule has 1 saturated heterocycles. The maximum Gasteiger partial charge on any atom is 0.289 e. The normalized spacial score (nSPS) is 24.8. The van der Waals surface area contributed by atoms with Gasteiger partial charge in [-0.05, 0) is 54.3 Å². The van der Waals surface area contributed by atoms with Gasteiger partial charge in [0, 0.05) is 19.5 Å². The van der Waals surface area contributed by atoms with Crippen LogP contribution in [0, 0.1) is 28.6 Å². The molecule has 2 aliphatic carbocycles. The van der Waals surface area contributed by atoms with Crippen LogP contribution >= 0.6 is 0 Å². The summed E-state index contributed by atoms with van der Waals surface area (Å²) in [7, 11) is 0. The van der Waals surface area contributed by atoms with Crippen LogP contribution in [-0.4, -0.2) is 65.5 Å². The molecule has 41 heavy (non-hydrogen) atoms. The number of nitrogens with zero attached hydrogens (tertiary/aromatic N) is 1. The average Bonchev–Trinajstić information content (AvgIpc) is 3.23. The predicted octanol–water partition coefficient (Wildman–Crippen LogP) is 3.29. The lowest BCUT2D eigenvalue weighted by molar-refractivity contribution is -0.146. The van der Waals surface area contributed by atoms with E-state index >= 15 is 0 Å². The molecule has 0 aromatic heterocycles. The average molecular weight is 571 g/mol. The van der Waals surface area contributed by atoms with E-state index < -0.39 is 35.7 Å². The van der Waals surface area contributed by atoms with E-state index in [-0.39, 0.29) is 53.4 Å². The molecule has 4 amide bonds. The minimum Gasteiger partial charge on any atom is -0.346 e. The van der Waals surface area contributed by atoms with E-state index in [1.807, 2.05) is 20.8 Å². The summed E-state index contributed by atoms with van der Waals surface area (Å²) in [6.45, 7) is 18.0. The first-order valence-corrected chi connectivity index (χ1v) is 15.2. The lowest BCUT2D eigenvalue weighted by atomic mass is 9.82. The lowest BCUT2D eigenvalue weighted by Crippen LogP contribution is -2.59. The van der Waals surface area contributed by atoms with Crippen LogP contribution in [0.15, 0.2) is 25.3 Å². The van der Waals surface area contributed by atoms with Crippen molar-refractivity contribution in [1.82, 2.24) is 20.9 Å². The zero-order chi connectivity index (χ0) is 30.5. The molecule has 1 heterocycles. The summed E-state index contributed by atoms with van der Waals surface area (Å²) < 4.78 is 0. The third-order valence-electron chi connectivity index (χ3n) is 9.08. The van der Waals surface area contributed by atoms with Crippen molar-refractivity contribution in [3.8, 4) is 0 Å². The molecule has 3 fully saturated rings. The van der Waals surface area contributed by atoms with Gasteiger partial charge in [0.15, 0.2) is 0 Å². The SMILES string of the molecule is C=CCCC(NC(=O)[C@@H]1[C@@H]2[C@H](CN1C(=O)[C@@H](NC(=O)CC(C)(C)C)C1CCCCC1)C2(C)C)C(=O)C(=O)NCC=C. The summed E-state index contributed by atoms with van der Waals surface area (Å²) in [6.07, 6.45) is 8.90. The lowest BCUT2D eigenvalue weighted by Gasteiger charge is -2.37. The molecule has 2 saturated carbocycles. The fraction of sp³-hybridized carbons (Fsp3) is 0.719. The molecule has 9 heteroatoms. The molecule has 3 N–H and O–H groups in total. The molecular formula is C32H50N4O5. The molecule has 0 aromatic rings. The predicted molar refractivity (Wildman–Crippen MR) is 158 cm³/mol. The van der Waals surface area contributed by atoms with E-state index in [0.717, 1.165) is 32.1 Å². The zero-order valence-corrected chi connectivity index (χ0v) is 25.6. The van der Waals surface area contributed by atoms with Crippen LogP contribution in [0.5, 0.6) is 0 Å². The number of Topliss-reactive ketones (excluding diaryl/α,β-unsaturated/α-hetero) is 1. The monoisotopic (exact) mass is 570 g/mol. The van der Waals surface area contributed by atoms with Crippen molar-refractivity contribution < 1.29 is 24.0 Å². The molecule has 0 spiro atoms. The van der Waals surface area contributed by atoms with Crippen LogP contribution in [-0.2, 0) is 24.0 Å². The number of rotatable bonds is 13. The fourth-order valence-corrected chi connectivity index (χ4v) is 6.77. The Morgan fingerprint density at radius 2 is 1.66 bits per heavy atom. The Kier molecular flexibility index (Phi) is 10.6. The number of hydrogen-bond donors (Lipinski definition) is 3. The van der Waals surface area contributed by atoms with Crippen molar-refractivity contribution >= 4 is 29.4 Å². The first-order chi connectivity index (χ1) is 19.2. The Bertz CT molecular complexity index is 1040. The van der Waals surface area contributed by atoms with E-state index in [1.165, 1.54) is 6.08 Å². The fourth-order valence-electron chi connectivity index (χ4n) is 6.77. The summed E-state index contributed by atoms with van der Waals surface area (Å²) in [6, 6.07) is -2.50. The van der Waals surface area contributed by atoms with Gasteiger partial charge in [-0.25, -0.2) is 0 Å². The number of nitrogens with one attached hydrogen (secondary N) is 3. The molecule has 9 nitrogen and oxygen atoms in total. The number of carbonyl (C=O) groups is 5. The number of fused-ring (bicyclic) bond motifs is 1. The summed E-state index contributed by atoms with van der Waals surface area (Å²) in [5.74, 6) is -2.23. The number of piperidine rings is 1. The number of carbonyl (C=O) groups excluding carboxylic acids is 5. The number of amides is 4. The Labute approximate surface area is 245 Å². The summed E-state index contributed by atoms with van der Waals surface area (Å²) in [5.41, 5.74) is -0.354. The second kappa shape index (κ2) is 13.3. The second-order valence-electron chi connectivity index (χ2n) is 13.9. The third-order valence-corrected chi connectivity index (χ3v) is 9.08. The number of allylic oxidation sites excluding steroid dienone is 1. The highest BCUT2D eigenvalue weighted by Gasteiger charge is 2.69. The highest BCUT2D eigenvalue weighted by atomic mass is 16.2. The van der Waals surface area contributed by atoms with Crippen LogP contribution < -0.4 is 16.0 Å². The Morgan fingerprint density at radius 1 is 1.00 bits per heavy atom. The van der Waals surface area contributed by atoms with Crippen molar-refractivity contribution in [2.75, 3.05) is 13.1 Å².